The summed E-state index contributed by atoms with van der Waals surface area (Å²) in [6.07, 6.45) is 0. The molecule has 0 rings (SSSR count). The summed E-state index contributed by atoms with van der Waals surface area (Å²) in [4.78, 5) is 21.9. The molecule has 2 N–H and O–H groups in total. The third kappa shape index (κ3) is 1.66. The summed E-state index contributed by atoms with van der Waals surface area (Å²) in [5.41, 5.74) is -1.67. The van der Waals surface area contributed by atoms with E-state index in [2.05, 4.69) is 0 Å². The van der Waals surface area contributed by atoms with Gasteiger partial charge >= 0.3 is 11.9 Å². The first-order valence-electron chi connectivity index (χ1n) is 4.24. The SMILES string of the molecule is CC(C)C(C(=O)O)(C(=O)O)C(C)C. The number of aliphatic carboxylic acids is 2. The average Bonchev–Trinajstić information content (AvgIpc) is 1.82. The molecule has 4 nitrogen and oxygen atoms in total. The van der Waals surface area contributed by atoms with Crippen molar-refractivity contribution in [3.8, 4) is 0 Å². The van der Waals surface area contributed by atoms with Crippen molar-refractivity contribution in [1.29, 1.82) is 0 Å². The third-order valence-electron chi connectivity index (χ3n) is 2.53. The fraction of sp³-hybridized carbons (Fsp3) is 0.778. The van der Waals surface area contributed by atoms with Gasteiger partial charge in [0.2, 0.25) is 0 Å². The minimum absolute atomic E-state index is 0.428. The molecule has 0 aliphatic heterocycles. The fourth-order valence-corrected chi connectivity index (χ4v) is 1.75. The molecular weight excluding hydrogens is 172 g/mol. The maximum absolute atomic E-state index is 11.0. The molecule has 4 heteroatoms. The van der Waals surface area contributed by atoms with Crippen LogP contribution in [0.15, 0.2) is 0 Å². The second-order valence-electron chi connectivity index (χ2n) is 3.79. The minimum atomic E-state index is -1.67. The van der Waals surface area contributed by atoms with Gasteiger partial charge in [-0.1, -0.05) is 27.7 Å². The van der Waals surface area contributed by atoms with Gasteiger partial charge in [0, 0.05) is 0 Å². The van der Waals surface area contributed by atoms with Crippen molar-refractivity contribution in [2.45, 2.75) is 27.7 Å². The molecule has 0 fully saturated rings. The Morgan fingerprint density at radius 2 is 1.15 bits per heavy atom. The first-order chi connectivity index (χ1) is 5.77. The summed E-state index contributed by atoms with van der Waals surface area (Å²) in [6.45, 7) is 6.45. The van der Waals surface area contributed by atoms with Gasteiger partial charge in [-0.2, -0.15) is 0 Å². The Bertz CT molecular complexity index is 194. The van der Waals surface area contributed by atoms with Gasteiger partial charge in [-0.25, -0.2) is 0 Å². The number of carboxylic acid groups (broad SMARTS) is 2. The number of carbonyl (C=O) groups is 2. The van der Waals surface area contributed by atoms with E-state index >= 15 is 0 Å². The van der Waals surface area contributed by atoms with Crippen LogP contribution in [0, 0.1) is 17.3 Å². The molecule has 76 valence electrons. The summed E-state index contributed by atoms with van der Waals surface area (Å²) >= 11 is 0. The fourth-order valence-electron chi connectivity index (χ4n) is 1.75. The Morgan fingerprint density at radius 1 is 0.923 bits per heavy atom. The molecule has 13 heavy (non-hydrogen) atoms. The highest BCUT2D eigenvalue weighted by molar-refractivity contribution is 5.98. The zero-order chi connectivity index (χ0) is 10.8. The number of rotatable bonds is 4. The molecule has 0 saturated heterocycles. The Kier molecular flexibility index (Phi) is 3.46. The molecule has 0 amide bonds. The smallest absolute Gasteiger partial charge is 0.321 e. The quantitative estimate of drug-likeness (QED) is 0.655. The van der Waals surface area contributed by atoms with Gasteiger partial charge in [-0.3, -0.25) is 9.59 Å². The van der Waals surface area contributed by atoms with Gasteiger partial charge in [0.25, 0.3) is 0 Å². The predicted molar refractivity (Wildman–Crippen MR) is 47.4 cm³/mol. The molecule has 0 aliphatic carbocycles. The Balaban J connectivity index is 5.32. The van der Waals surface area contributed by atoms with E-state index in [4.69, 9.17) is 10.2 Å². The highest BCUT2D eigenvalue weighted by Gasteiger charge is 2.51. The molecular formula is C9H16O4. The first-order valence-corrected chi connectivity index (χ1v) is 4.24. The summed E-state index contributed by atoms with van der Waals surface area (Å²) in [5.74, 6) is -3.38. The average molecular weight is 188 g/mol. The highest BCUT2D eigenvalue weighted by atomic mass is 16.4. The third-order valence-corrected chi connectivity index (χ3v) is 2.53. The van der Waals surface area contributed by atoms with Gasteiger partial charge < -0.3 is 10.2 Å². The van der Waals surface area contributed by atoms with E-state index < -0.39 is 29.2 Å². The maximum atomic E-state index is 11.0. The Hall–Kier alpha value is -1.06. The lowest BCUT2D eigenvalue weighted by Crippen LogP contribution is -2.48. The van der Waals surface area contributed by atoms with E-state index in [-0.39, 0.29) is 0 Å². The topological polar surface area (TPSA) is 74.6 Å². The molecule has 0 spiro atoms. The summed E-state index contributed by atoms with van der Waals surface area (Å²) in [5, 5.41) is 17.9. The molecule has 0 heterocycles. The Morgan fingerprint density at radius 3 is 1.15 bits per heavy atom. The van der Waals surface area contributed by atoms with Crippen molar-refractivity contribution in [3.05, 3.63) is 0 Å². The molecule has 0 unspecified atom stereocenters. The van der Waals surface area contributed by atoms with E-state index in [9.17, 15) is 9.59 Å². The summed E-state index contributed by atoms with van der Waals surface area (Å²) < 4.78 is 0. The van der Waals surface area contributed by atoms with Crippen molar-refractivity contribution >= 4 is 11.9 Å². The van der Waals surface area contributed by atoms with Crippen LogP contribution in [-0.2, 0) is 9.59 Å². The lowest BCUT2D eigenvalue weighted by molar-refractivity contribution is -0.172. The maximum Gasteiger partial charge on any atom is 0.321 e. The van der Waals surface area contributed by atoms with Crippen LogP contribution in [0.2, 0.25) is 0 Å². The van der Waals surface area contributed by atoms with Crippen molar-refractivity contribution in [2.24, 2.45) is 17.3 Å². The summed E-state index contributed by atoms with van der Waals surface area (Å²) in [6, 6.07) is 0. The molecule has 0 radical (unpaired) electrons. The van der Waals surface area contributed by atoms with Crippen molar-refractivity contribution in [2.75, 3.05) is 0 Å². The van der Waals surface area contributed by atoms with Gasteiger partial charge in [0.05, 0.1) is 0 Å². The van der Waals surface area contributed by atoms with Gasteiger partial charge in [-0.05, 0) is 11.8 Å². The van der Waals surface area contributed by atoms with E-state index in [1.165, 1.54) is 0 Å². The normalized spacial score (nSPS) is 12.2. The van der Waals surface area contributed by atoms with E-state index in [1.807, 2.05) is 0 Å². The van der Waals surface area contributed by atoms with Crippen LogP contribution < -0.4 is 0 Å². The molecule has 0 saturated carbocycles. The van der Waals surface area contributed by atoms with Crippen LogP contribution >= 0.6 is 0 Å². The molecule has 0 aromatic heterocycles. The minimum Gasteiger partial charge on any atom is -0.480 e. The lowest BCUT2D eigenvalue weighted by Gasteiger charge is -2.32. The molecule has 0 aliphatic rings. The zero-order valence-corrected chi connectivity index (χ0v) is 8.37. The van der Waals surface area contributed by atoms with Crippen LogP contribution in [0.4, 0.5) is 0 Å². The second kappa shape index (κ2) is 3.77. The van der Waals surface area contributed by atoms with Crippen LogP contribution in [0.1, 0.15) is 27.7 Å². The predicted octanol–water partition coefficient (Wildman–Crippen LogP) is 1.45. The van der Waals surface area contributed by atoms with E-state index in [1.54, 1.807) is 27.7 Å². The standard InChI is InChI=1S/C9H16O4/c1-5(2)9(6(3)4,7(10)11)8(12)13/h5-6H,1-4H3,(H,10,11)(H,12,13). The monoisotopic (exact) mass is 188 g/mol. The molecule has 0 aromatic carbocycles. The van der Waals surface area contributed by atoms with Crippen molar-refractivity contribution < 1.29 is 19.8 Å². The zero-order valence-electron chi connectivity index (χ0n) is 8.37. The van der Waals surface area contributed by atoms with Crippen LogP contribution in [-0.4, -0.2) is 22.2 Å². The van der Waals surface area contributed by atoms with E-state index in [0.29, 0.717) is 0 Å². The molecule has 0 atom stereocenters. The van der Waals surface area contributed by atoms with Gasteiger partial charge in [0.15, 0.2) is 5.41 Å². The largest absolute Gasteiger partial charge is 0.480 e. The number of hydrogen-bond donors (Lipinski definition) is 2. The van der Waals surface area contributed by atoms with Crippen LogP contribution in [0.25, 0.3) is 0 Å². The van der Waals surface area contributed by atoms with Crippen LogP contribution in [0.3, 0.4) is 0 Å². The molecule has 0 aromatic rings. The van der Waals surface area contributed by atoms with Crippen LogP contribution in [0.5, 0.6) is 0 Å². The number of hydrogen-bond acceptors (Lipinski definition) is 2. The molecule has 0 bridgehead atoms. The highest BCUT2D eigenvalue weighted by Crippen LogP contribution is 2.36. The lowest BCUT2D eigenvalue weighted by atomic mass is 9.69. The second-order valence-corrected chi connectivity index (χ2v) is 3.79. The van der Waals surface area contributed by atoms with Crippen molar-refractivity contribution in [1.82, 2.24) is 0 Å². The van der Waals surface area contributed by atoms with Gasteiger partial charge in [-0.15, -0.1) is 0 Å². The van der Waals surface area contributed by atoms with Crippen molar-refractivity contribution in [3.63, 3.8) is 0 Å². The first kappa shape index (κ1) is 11.9. The van der Waals surface area contributed by atoms with E-state index in [0.717, 1.165) is 0 Å². The Labute approximate surface area is 77.6 Å². The summed E-state index contributed by atoms with van der Waals surface area (Å²) in [7, 11) is 0. The van der Waals surface area contributed by atoms with Gasteiger partial charge in [0.1, 0.15) is 0 Å². The number of carboxylic acids is 2.